The number of nitrogens with one attached hydrogen (secondary N) is 1. The van der Waals surface area contributed by atoms with Crippen molar-refractivity contribution in [3.05, 3.63) is 24.3 Å². The highest BCUT2D eigenvalue weighted by Gasteiger charge is 2.31. The molecule has 0 saturated heterocycles. The van der Waals surface area contributed by atoms with Gasteiger partial charge in [-0.1, -0.05) is 19.3 Å². The molecule has 1 saturated carbocycles. The van der Waals surface area contributed by atoms with Gasteiger partial charge >= 0.3 is 6.36 Å². The summed E-state index contributed by atoms with van der Waals surface area (Å²) < 4.78 is 40.1. The molecule has 0 bridgehead atoms. The van der Waals surface area contributed by atoms with Crippen molar-refractivity contribution >= 4 is 5.69 Å². The number of hydrogen-bond donors (Lipinski definition) is 1. The van der Waals surface area contributed by atoms with Crippen LogP contribution in [0.15, 0.2) is 24.3 Å². The van der Waals surface area contributed by atoms with Gasteiger partial charge < -0.3 is 10.1 Å². The lowest BCUT2D eigenvalue weighted by atomic mass is 9.96. The summed E-state index contributed by atoms with van der Waals surface area (Å²) in [5.41, 5.74) is 0.705. The molecule has 6 heteroatoms. The van der Waals surface area contributed by atoms with Crippen molar-refractivity contribution in [1.82, 2.24) is 0 Å². The van der Waals surface area contributed by atoms with Crippen molar-refractivity contribution in [2.24, 2.45) is 5.92 Å². The molecule has 1 aromatic rings. The van der Waals surface area contributed by atoms with Crippen LogP contribution >= 0.6 is 0 Å². The first-order chi connectivity index (χ1) is 9.98. The molecule has 1 aromatic carbocycles. The van der Waals surface area contributed by atoms with Gasteiger partial charge in [-0.25, -0.2) is 0 Å². The molecule has 0 aliphatic heterocycles. The Morgan fingerprint density at radius 1 is 1.10 bits per heavy atom. The van der Waals surface area contributed by atoms with Gasteiger partial charge in [0.2, 0.25) is 0 Å². The standard InChI is InChI=1S/C15H17F3N2O/c16-15(17,18)21-13-8-6-12(7-9-13)20-14-5-3-1-2-4-11(14)10-19/h6-9,11,14,20H,1-5H2. The molecule has 1 fully saturated rings. The van der Waals surface area contributed by atoms with Crippen LogP contribution in [0.4, 0.5) is 18.9 Å². The van der Waals surface area contributed by atoms with E-state index in [-0.39, 0.29) is 17.7 Å². The summed E-state index contributed by atoms with van der Waals surface area (Å²) in [5, 5.41) is 12.5. The van der Waals surface area contributed by atoms with Gasteiger partial charge in [-0.15, -0.1) is 13.2 Å². The van der Waals surface area contributed by atoms with E-state index in [2.05, 4.69) is 16.1 Å². The van der Waals surface area contributed by atoms with Gasteiger partial charge in [0.15, 0.2) is 0 Å². The Balaban J connectivity index is 2.00. The number of halogens is 3. The van der Waals surface area contributed by atoms with E-state index < -0.39 is 6.36 Å². The van der Waals surface area contributed by atoms with Crippen LogP contribution in [0.3, 0.4) is 0 Å². The van der Waals surface area contributed by atoms with E-state index in [4.69, 9.17) is 0 Å². The van der Waals surface area contributed by atoms with Crippen molar-refractivity contribution in [2.75, 3.05) is 5.32 Å². The third kappa shape index (κ3) is 4.85. The zero-order valence-electron chi connectivity index (χ0n) is 11.5. The second-order valence-corrected chi connectivity index (χ2v) is 5.20. The summed E-state index contributed by atoms with van der Waals surface area (Å²) in [6.45, 7) is 0. The largest absolute Gasteiger partial charge is 0.573 e. The maximum absolute atomic E-state index is 12.1. The minimum Gasteiger partial charge on any atom is -0.406 e. The lowest BCUT2D eigenvalue weighted by molar-refractivity contribution is -0.274. The fraction of sp³-hybridized carbons (Fsp3) is 0.533. The van der Waals surface area contributed by atoms with Gasteiger partial charge in [0.1, 0.15) is 5.75 Å². The third-order valence-corrected chi connectivity index (χ3v) is 3.62. The normalized spacial score (nSPS) is 23.0. The molecular weight excluding hydrogens is 281 g/mol. The predicted octanol–water partition coefficient (Wildman–Crippen LogP) is 4.47. The molecule has 2 rings (SSSR count). The molecule has 0 aromatic heterocycles. The topological polar surface area (TPSA) is 45.0 Å². The van der Waals surface area contributed by atoms with Gasteiger partial charge in [0.25, 0.3) is 0 Å². The van der Waals surface area contributed by atoms with Crippen LogP contribution in [0.2, 0.25) is 0 Å². The smallest absolute Gasteiger partial charge is 0.406 e. The van der Waals surface area contributed by atoms with Gasteiger partial charge in [0, 0.05) is 11.7 Å². The highest BCUT2D eigenvalue weighted by Crippen LogP contribution is 2.28. The van der Waals surface area contributed by atoms with Crippen molar-refractivity contribution < 1.29 is 17.9 Å². The SMILES string of the molecule is N#CC1CCCCCC1Nc1ccc(OC(F)(F)F)cc1. The lowest BCUT2D eigenvalue weighted by Crippen LogP contribution is -2.27. The van der Waals surface area contributed by atoms with Crippen LogP contribution in [0, 0.1) is 17.2 Å². The van der Waals surface area contributed by atoms with Gasteiger partial charge in [-0.05, 0) is 37.1 Å². The summed E-state index contributed by atoms with van der Waals surface area (Å²) in [6, 6.07) is 8.00. The van der Waals surface area contributed by atoms with Crippen LogP contribution in [-0.2, 0) is 0 Å². The fourth-order valence-electron chi connectivity index (χ4n) is 2.60. The maximum Gasteiger partial charge on any atom is 0.573 e. The number of hydrogen-bond acceptors (Lipinski definition) is 3. The Morgan fingerprint density at radius 2 is 1.76 bits per heavy atom. The molecule has 1 N–H and O–H groups in total. The van der Waals surface area contributed by atoms with E-state index in [0.717, 1.165) is 32.1 Å². The van der Waals surface area contributed by atoms with E-state index in [1.54, 1.807) is 12.1 Å². The summed E-state index contributed by atoms with van der Waals surface area (Å²) in [6.07, 6.45) is 0.319. The molecule has 0 heterocycles. The second-order valence-electron chi connectivity index (χ2n) is 5.20. The minimum absolute atomic E-state index is 0.0480. The molecule has 1 aliphatic rings. The average Bonchev–Trinajstić information content (AvgIpc) is 2.64. The number of benzene rings is 1. The molecular formula is C15H17F3N2O. The van der Waals surface area contributed by atoms with E-state index in [1.165, 1.54) is 12.1 Å². The Hall–Kier alpha value is -1.90. The zero-order valence-corrected chi connectivity index (χ0v) is 11.5. The third-order valence-electron chi connectivity index (χ3n) is 3.62. The molecule has 2 unspecified atom stereocenters. The Kier molecular flexibility index (Phi) is 4.94. The van der Waals surface area contributed by atoms with E-state index >= 15 is 0 Å². The molecule has 0 amide bonds. The van der Waals surface area contributed by atoms with Crippen LogP contribution < -0.4 is 10.1 Å². The van der Waals surface area contributed by atoms with E-state index in [1.807, 2.05) is 0 Å². The molecule has 2 atom stereocenters. The number of nitrogens with zero attached hydrogens (tertiary/aromatic N) is 1. The van der Waals surface area contributed by atoms with Crippen LogP contribution in [0.1, 0.15) is 32.1 Å². The van der Waals surface area contributed by atoms with Crippen LogP contribution in [0.25, 0.3) is 0 Å². The van der Waals surface area contributed by atoms with Crippen molar-refractivity contribution in [2.45, 2.75) is 44.5 Å². The highest BCUT2D eigenvalue weighted by atomic mass is 19.4. The number of anilines is 1. The quantitative estimate of drug-likeness (QED) is 0.837. The molecule has 0 radical (unpaired) electrons. The molecule has 21 heavy (non-hydrogen) atoms. The lowest BCUT2D eigenvalue weighted by Gasteiger charge is -2.22. The monoisotopic (exact) mass is 298 g/mol. The van der Waals surface area contributed by atoms with Crippen molar-refractivity contribution in [3.8, 4) is 11.8 Å². The van der Waals surface area contributed by atoms with Gasteiger partial charge in [-0.2, -0.15) is 5.26 Å². The summed E-state index contributed by atoms with van der Waals surface area (Å²) in [4.78, 5) is 0. The first-order valence-corrected chi connectivity index (χ1v) is 7.00. The van der Waals surface area contributed by atoms with Crippen LogP contribution in [0.5, 0.6) is 5.75 Å². The van der Waals surface area contributed by atoms with Crippen molar-refractivity contribution in [3.63, 3.8) is 0 Å². The van der Waals surface area contributed by atoms with Gasteiger partial charge in [0.05, 0.1) is 12.0 Å². The average molecular weight is 298 g/mol. The predicted molar refractivity (Wildman–Crippen MR) is 72.7 cm³/mol. The summed E-state index contributed by atoms with van der Waals surface area (Å²) in [7, 11) is 0. The Bertz CT molecular complexity index is 493. The number of ether oxygens (including phenoxy) is 1. The number of rotatable bonds is 3. The first-order valence-electron chi connectivity index (χ1n) is 7.00. The zero-order chi connectivity index (χ0) is 15.3. The number of nitriles is 1. The minimum atomic E-state index is -4.68. The molecule has 0 spiro atoms. The highest BCUT2D eigenvalue weighted by molar-refractivity contribution is 5.47. The maximum atomic E-state index is 12.1. The first kappa shape index (κ1) is 15.5. The molecule has 114 valence electrons. The second kappa shape index (κ2) is 6.70. The van der Waals surface area contributed by atoms with Gasteiger partial charge in [-0.3, -0.25) is 0 Å². The van der Waals surface area contributed by atoms with Crippen molar-refractivity contribution in [1.29, 1.82) is 5.26 Å². The molecule has 1 aliphatic carbocycles. The number of alkyl halides is 3. The Morgan fingerprint density at radius 3 is 2.38 bits per heavy atom. The summed E-state index contributed by atoms with van der Waals surface area (Å²) >= 11 is 0. The molecule has 3 nitrogen and oxygen atoms in total. The Labute approximate surface area is 121 Å². The van der Waals surface area contributed by atoms with E-state index in [9.17, 15) is 18.4 Å². The van der Waals surface area contributed by atoms with Crippen LogP contribution in [-0.4, -0.2) is 12.4 Å². The van der Waals surface area contributed by atoms with E-state index in [0.29, 0.717) is 5.69 Å². The summed E-state index contributed by atoms with van der Waals surface area (Å²) in [5.74, 6) is -0.302. The fourth-order valence-corrected chi connectivity index (χ4v) is 2.60.